The summed E-state index contributed by atoms with van der Waals surface area (Å²) in [5, 5.41) is 8.93. The highest BCUT2D eigenvalue weighted by Crippen LogP contribution is 2.23. The SMILES string of the molecule is [2H][C@@H](/C=C/c1ccccc1)O[C@@H](C)[C@H](O)C(F)(F)F. The van der Waals surface area contributed by atoms with Gasteiger partial charge in [0.1, 0.15) is 0 Å². The Morgan fingerprint density at radius 1 is 1.39 bits per heavy atom. The summed E-state index contributed by atoms with van der Waals surface area (Å²) >= 11 is 0. The summed E-state index contributed by atoms with van der Waals surface area (Å²) in [6.07, 6.45) is -5.95. The number of hydrogen-bond acceptors (Lipinski definition) is 2. The van der Waals surface area contributed by atoms with E-state index in [0.717, 1.165) is 12.5 Å². The molecule has 0 aromatic heterocycles. The summed E-state index contributed by atoms with van der Waals surface area (Å²) in [6.45, 7) is -0.192. The van der Waals surface area contributed by atoms with E-state index in [1.807, 2.05) is 6.07 Å². The molecule has 3 atom stereocenters. The van der Waals surface area contributed by atoms with Crippen LogP contribution in [0.2, 0.25) is 0 Å². The molecule has 0 fully saturated rings. The third-order valence-corrected chi connectivity index (χ3v) is 2.24. The zero-order valence-electron chi connectivity index (χ0n) is 10.8. The highest BCUT2D eigenvalue weighted by Gasteiger charge is 2.42. The molecule has 0 heterocycles. The van der Waals surface area contributed by atoms with Gasteiger partial charge in [0.2, 0.25) is 0 Å². The number of aliphatic hydroxyl groups is 1. The topological polar surface area (TPSA) is 29.5 Å². The average Bonchev–Trinajstić information content (AvgIpc) is 2.35. The van der Waals surface area contributed by atoms with Crippen molar-refractivity contribution in [3.8, 4) is 0 Å². The predicted octanol–water partition coefficient (Wildman–Crippen LogP) is 3.03. The van der Waals surface area contributed by atoms with E-state index in [1.165, 1.54) is 6.08 Å². The van der Waals surface area contributed by atoms with Crippen molar-refractivity contribution in [2.24, 2.45) is 0 Å². The van der Waals surface area contributed by atoms with Gasteiger partial charge in [-0.2, -0.15) is 13.2 Å². The first-order valence-electron chi connectivity index (χ1n) is 5.94. The van der Waals surface area contributed by atoms with Crippen LogP contribution in [0, 0.1) is 0 Å². The summed E-state index contributed by atoms with van der Waals surface area (Å²) in [4.78, 5) is 0. The molecule has 1 aromatic carbocycles. The monoisotopic (exact) mass is 261 g/mol. The van der Waals surface area contributed by atoms with Gasteiger partial charge < -0.3 is 9.84 Å². The number of aliphatic hydroxyl groups excluding tert-OH is 1. The second-order valence-electron chi connectivity index (χ2n) is 3.73. The lowest BCUT2D eigenvalue weighted by atomic mass is 10.2. The number of benzene rings is 1. The van der Waals surface area contributed by atoms with E-state index in [4.69, 9.17) is 11.2 Å². The second kappa shape index (κ2) is 6.56. The molecular formula is C13H15F3O2. The van der Waals surface area contributed by atoms with Gasteiger partial charge in [-0.3, -0.25) is 0 Å². The third-order valence-electron chi connectivity index (χ3n) is 2.24. The highest BCUT2D eigenvalue weighted by molar-refractivity contribution is 5.48. The van der Waals surface area contributed by atoms with Crippen molar-refractivity contribution in [3.63, 3.8) is 0 Å². The smallest absolute Gasteiger partial charge is 0.381 e. The van der Waals surface area contributed by atoms with E-state index in [-0.39, 0.29) is 0 Å². The van der Waals surface area contributed by atoms with Crippen molar-refractivity contribution in [1.82, 2.24) is 0 Å². The van der Waals surface area contributed by atoms with Crippen LogP contribution in [-0.2, 0) is 4.74 Å². The van der Waals surface area contributed by atoms with E-state index in [1.54, 1.807) is 30.3 Å². The fraction of sp³-hybridized carbons (Fsp3) is 0.385. The molecular weight excluding hydrogens is 245 g/mol. The Kier molecular flexibility index (Phi) is 4.78. The minimum Gasteiger partial charge on any atom is -0.381 e. The van der Waals surface area contributed by atoms with E-state index < -0.39 is 25.0 Å². The molecule has 0 amide bonds. The first-order valence-corrected chi connectivity index (χ1v) is 5.36. The number of alkyl halides is 3. The maximum absolute atomic E-state index is 12.2. The van der Waals surface area contributed by atoms with Gasteiger partial charge in [0, 0.05) is 0 Å². The maximum atomic E-state index is 12.2. The molecule has 0 unspecified atom stereocenters. The summed E-state index contributed by atoms with van der Waals surface area (Å²) < 4.78 is 48.8. The molecule has 0 saturated carbocycles. The molecule has 100 valence electrons. The number of ether oxygens (including phenoxy) is 1. The van der Waals surface area contributed by atoms with Crippen molar-refractivity contribution < 1.29 is 24.4 Å². The van der Waals surface area contributed by atoms with Crippen LogP contribution in [0.15, 0.2) is 36.4 Å². The largest absolute Gasteiger partial charge is 0.416 e. The molecule has 0 radical (unpaired) electrons. The summed E-state index contributed by atoms with van der Waals surface area (Å²) in [6, 6.07) is 9.01. The summed E-state index contributed by atoms with van der Waals surface area (Å²) in [7, 11) is 0. The van der Waals surface area contributed by atoms with Crippen LogP contribution in [0.5, 0.6) is 0 Å². The standard InChI is InChI=1S/C13H15F3O2/c1-10(12(17)13(14,15)16)18-9-5-8-11-6-3-2-4-7-11/h2-8,10,12,17H,9H2,1H3/b8-5+/t10-,12-/m0/s1/i9D/t9-,10-,12-. The van der Waals surface area contributed by atoms with E-state index >= 15 is 0 Å². The minimum atomic E-state index is -4.75. The Morgan fingerprint density at radius 2 is 2.00 bits per heavy atom. The van der Waals surface area contributed by atoms with Crippen molar-refractivity contribution in [2.75, 3.05) is 6.58 Å². The number of halogens is 3. The van der Waals surface area contributed by atoms with Gasteiger partial charge >= 0.3 is 6.18 Å². The number of rotatable bonds is 5. The lowest BCUT2D eigenvalue weighted by molar-refractivity contribution is -0.232. The Hall–Kier alpha value is -1.33. The first kappa shape index (κ1) is 13.1. The van der Waals surface area contributed by atoms with Gasteiger partial charge in [-0.05, 0) is 12.5 Å². The molecule has 0 bridgehead atoms. The number of hydrogen-bond donors (Lipinski definition) is 1. The molecule has 2 nitrogen and oxygen atoms in total. The Balaban J connectivity index is 2.51. The average molecular weight is 261 g/mol. The van der Waals surface area contributed by atoms with Crippen molar-refractivity contribution in [3.05, 3.63) is 42.0 Å². The summed E-state index contributed by atoms with van der Waals surface area (Å²) in [5.41, 5.74) is 0.812. The second-order valence-corrected chi connectivity index (χ2v) is 3.73. The zero-order valence-corrected chi connectivity index (χ0v) is 9.76. The van der Waals surface area contributed by atoms with E-state index in [9.17, 15) is 13.2 Å². The molecule has 0 aliphatic carbocycles. The maximum Gasteiger partial charge on any atom is 0.416 e. The molecule has 0 spiro atoms. The Bertz CT molecular complexity index is 406. The van der Waals surface area contributed by atoms with Crippen LogP contribution in [-0.4, -0.2) is 30.1 Å². The molecule has 0 saturated heterocycles. The fourth-order valence-electron chi connectivity index (χ4n) is 1.22. The van der Waals surface area contributed by atoms with E-state index in [2.05, 4.69) is 0 Å². The van der Waals surface area contributed by atoms with Gasteiger partial charge in [-0.25, -0.2) is 0 Å². The van der Waals surface area contributed by atoms with Crippen LogP contribution >= 0.6 is 0 Å². The fourth-order valence-corrected chi connectivity index (χ4v) is 1.22. The normalized spacial score (nSPS) is 18.4. The van der Waals surface area contributed by atoms with Crippen molar-refractivity contribution >= 4 is 6.08 Å². The molecule has 0 aliphatic rings. The van der Waals surface area contributed by atoms with Gasteiger partial charge in [-0.15, -0.1) is 0 Å². The molecule has 0 aliphatic heterocycles. The van der Waals surface area contributed by atoms with Gasteiger partial charge in [-0.1, -0.05) is 42.5 Å². The minimum absolute atomic E-state index is 0.812. The highest BCUT2D eigenvalue weighted by atomic mass is 19.4. The molecule has 1 rings (SSSR count). The van der Waals surface area contributed by atoms with Crippen molar-refractivity contribution in [1.29, 1.82) is 0 Å². The Labute approximate surface area is 105 Å². The zero-order chi connectivity index (χ0) is 14.5. The Morgan fingerprint density at radius 3 is 2.56 bits per heavy atom. The quantitative estimate of drug-likeness (QED) is 0.882. The predicted molar refractivity (Wildman–Crippen MR) is 63.0 cm³/mol. The summed E-state index contributed by atoms with van der Waals surface area (Å²) in [5.74, 6) is 0. The molecule has 5 heteroatoms. The van der Waals surface area contributed by atoms with Gasteiger partial charge in [0.05, 0.1) is 14.1 Å². The first-order chi connectivity index (χ1) is 8.80. The van der Waals surface area contributed by atoms with Crippen LogP contribution in [0.4, 0.5) is 13.2 Å². The van der Waals surface area contributed by atoms with E-state index in [0.29, 0.717) is 0 Å². The lowest BCUT2D eigenvalue weighted by Gasteiger charge is -2.20. The third kappa shape index (κ3) is 4.89. The van der Waals surface area contributed by atoms with Crippen LogP contribution in [0.25, 0.3) is 6.08 Å². The van der Waals surface area contributed by atoms with Crippen LogP contribution < -0.4 is 0 Å². The molecule has 1 N–H and O–H groups in total. The van der Waals surface area contributed by atoms with Crippen molar-refractivity contribution in [2.45, 2.75) is 25.3 Å². The lowest BCUT2D eigenvalue weighted by Crippen LogP contribution is -2.39. The van der Waals surface area contributed by atoms with Gasteiger partial charge in [0.15, 0.2) is 6.10 Å². The van der Waals surface area contributed by atoms with Gasteiger partial charge in [0.25, 0.3) is 0 Å². The van der Waals surface area contributed by atoms with Crippen LogP contribution in [0.3, 0.4) is 0 Å². The molecule has 18 heavy (non-hydrogen) atoms. The molecule has 1 aromatic rings. The van der Waals surface area contributed by atoms with Crippen LogP contribution in [0.1, 0.15) is 13.9 Å².